The summed E-state index contributed by atoms with van der Waals surface area (Å²) >= 11 is 12.5. The first-order chi connectivity index (χ1) is 14.2. The van der Waals surface area contributed by atoms with Crippen LogP contribution in [0.2, 0.25) is 10.0 Å². The lowest BCUT2D eigenvalue weighted by molar-refractivity contribution is 0.296. The van der Waals surface area contributed by atoms with Gasteiger partial charge in [0.05, 0.1) is 5.69 Å². The fraction of sp³-hybridized carbons (Fsp3) is 0.368. The van der Waals surface area contributed by atoms with Crippen LogP contribution in [0, 0.1) is 5.92 Å². The number of halogens is 2. The molecule has 0 atom stereocenters. The Morgan fingerprint density at radius 2 is 2.07 bits per heavy atom. The summed E-state index contributed by atoms with van der Waals surface area (Å²) in [4.78, 5) is 6.70. The summed E-state index contributed by atoms with van der Waals surface area (Å²) < 4.78 is 5.40. The van der Waals surface area contributed by atoms with Gasteiger partial charge in [-0.2, -0.15) is 4.98 Å². The molecule has 1 fully saturated rings. The van der Waals surface area contributed by atoms with Crippen LogP contribution in [0.5, 0.6) is 0 Å². The van der Waals surface area contributed by atoms with E-state index in [9.17, 15) is 0 Å². The van der Waals surface area contributed by atoms with E-state index >= 15 is 0 Å². The van der Waals surface area contributed by atoms with Gasteiger partial charge in [0, 0.05) is 36.1 Å². The van der Waals surface area contributed by atoms with E-state index in [1.54, 1.807) is 6.07 Å². The quantitative estimate of drug-likeness (QED) is 0.636. The van der Waals surface area contributed by atoms with E-state index in [0.29, 0.717) is 39.9 Å². The van der Waals surface area contributed by atoms with Gasteiger partial charge in [-0.1, -0.05) is 28.4 Å². The van der Waals surface area contributed by atoms with Gasteiger partial charge in [-0.3, -0.25) is 0 Å². The highest BCUT2D eigenvalue weighted by Gasteiger charge is 2.24. The molecule has 0 radical (unpaired) electrons. The summed E-state index contributed by atoms with van der Waals surface area (Å²) in [5, 5.41) is 20.6. The second kappa shape index (κ2) is 7.78. The third kappa shape index (κ3) is 3.88. The number of anilines is 2. The van der Waals surface area contributed by atoms with E-state index in [1.807, 2.05) is 18.2 Å². The van der Waals surface area contributed by atoms with Crippen LogP contribution in [-0.4, -0.2) is 46.5 Å². The van der Waals surface area contributed by atoms with Gasteiger partial charge in [-0.05, 0) is 48.8 Å². The lowest BCUT2D eigenvalue weighted by Crippen LogP contribution is -2.43. The topological polar surface area (TPSA) is 92.0 Å². The zero-order valence-electron chi connectivity index (χ0n) is 15.5. The first kappa shape index (κ1) is 18.6. The summed E-state index contributed by atoms with van der Waals surface area (Å²) in [7, 11) is 0. The van der Waals surface area contributed by atoms with E-state index in [-0.39, 0.29) is 0 Å². The van der Waals surface area contributed by atoms with Crippen LogP contribution < -0.4 is 15.5 Å². The Hall–Kier alpha value is -2.42. The standard InChI is InChI=1S/C19H19Cl2N7O/c20-13-1-2-14(21)12(6-13)10-28-4-3-23-19-16(28)7-15(25-26-19)18-24-17(29-27-18)5-11-8-22-9-11/h1-2,6-7,11,22H,3-5,8-10H2,(H,23,26). The molecule has 0 unspecified atom stereocenters. The van der Waals surface area contributed by atoms with E-state index in [4.69, 9.17) is 27.7 Å². The van der Waals surface area contributed by atoms with E-state index in [2.05, 4.69) is 35.9 Å². The van der Waals surface area contributed by atoms with Crippen LogP contribution in [-0.2, 0) is 13.0 Å². The number of aromatic nitrogens is 4. The average Bonchev–Trinajstić information content (AvgIpc) is 3.16. The molecular weight excluding hydrogens is 413 g/mol. The normalized spacial score (nSPS) is 16.3. The molecule has 0 saturated carbocycles. The van der Waals surface area contributed by atoms with Crippen molar-refractivity contribution in [3.05, 3.63) is 45.8 Å². The number of benzene rings is 1. The average molecular weight is 432 g/mol. The maximum Gasteiger partial charge on any atom is 0.227 e. The highest BCUT2D eigenvalue weighted by Crippen LogP contribution is 2.32. The molecule has 3 aromatic rings. The van der Waals surface area contributed by atoms with E-state index in [1.165, 1.54) is 0 Å². The molecule has 4 heterocycles. The predicted octanol–water partition coefficient (Wildman–Crippen LogP) is 3.03. The van der Waals surface area contributed by atoms with E-state index in [0.717, 1.165) is 49.7 Å². The molecule has 0 bridgehead atoms. The van der Waals surface area contributed by atoms with Crippen molar-refractivity contribution in [1.29, 1.82) is 0 Å². The molecule has 5 rings (SSSR count). The predicted molar refractivity (Wildman–Crippen MR) is 111 cm³/mol. The summed E-state index contributed by atoms with van der Waals surface area (Å²) in [5.74, 6) is 2.36. The summed E-state index contributed by atoms with van der Waals surface area (Å²) in [6.45, 7) is 4.16. The number of nitrogens with one attached hydrogen (secondary N) is 2. The molecule has 150 valence electrons. The van der Waals surface area contributed by atoms with Crippen LogP contribution in [0.25, 0.3) is 11.5 Å². The van der Waals surface area contributed by atoms with Gasteiger partial charge in [0.15, 0.2) is 5.82 Å². The van der Waals surface area contributed by atoms with Crippen LogP contribution in [0.1, 0.15) is 11.5 Å². The highest BCUT2D eigenvalue weighted by atomic mass is 35.5. The molecule has 29 heavy (non-hydrogen) atoms. The monoisotopic (exact) mass is 431 g/mol. The molecule has 2 aliphatic heterocycles. The smallest absolute Gasteiger partial charge is 0.227 e. The molecule has 10 heteroatoms. The molecule has 0 amide bonds. The van der Waals surface area contributed by atoms with Crippen molar-refractivity contribution in [2.24, 2.45) is 5.92 Å². The summed E-state index contributed by atoms with van der Waals surface area (Å²) in [6.07, 6.45) is 0.777. The Morgan fingerprint density at radius 1 is 1.17 bits per heavy atom. The van der Waals surface area contributed by atoms with Crippen LogP contribution in [0.15, 0.2) is 28.8 Å². The van der Waals surface area contributed by atoms with Crippen molar-refractivity contribution in [1.82, 2.24) is 25.7 Å². The summed E-state index contributed by atoms with van der Waals surface area (Å²) in [5.41, 5.74) is 2.46. The van der Waals surface area contributed by atoms with Gasteiger partial charge in [-0.25, -0.2) is 0 Å². The first-order valence-electron chi connectivity index (χ1n) is 9.50. The third-order valence-corrected chi connectivity index (χ3v) is 5.79. The molecule has 1 saturated heterocycles. The number of rotatable bonds is 5. The maximum atomic E-state index is 6.36. The van der Waals surface area contributed by atoms with Crippen LogP contribution in [0.3, 0.4) is 0 Å². The largest absolute Gasteiger partial charge is 0.365 e. The molecule has 0 spiro atoms. The van der Waals surface area contributed by atoms with Gasteiger partial charge >= 0.3 is 0 Å². The molecule has 8 nitrogen and oxygen atoms in total. The Kier molecular flexibility index (Phi) is 4.99. The van der Waals surface area contributed by atoms with Crippen LogP contribution >= 0.6 is 23.2 Å². The Balaban J connectivity index is 1.41. The Bertz CT molecular complexity index is 1040. The van der Waals surface area contributed by atoms with Gasteiger partial charge in [0.25, 0.3) is 0 Å². The van der Waals surface area contributed by atoms with E-state index < -0.39 is 0 Å². The third-order valence-electron chi connectivity index (χ3n) is 5.18. The lowest BCUT2D eigenvalue weighted by Gasteiger charge is -2.31. The van der Waals surface area contributed by atoms with Crippen LogP contribution in [0.4, 0.5) is 11.5 Å². The van der Waals surface area contributed by atoms with Crippen molar-refractivity contribution >= 4 is 34.7 Å². The van der Waals surface area contributed by atoms with Crippen molar-refractivity contribution in [2.75, 3.05) is 36.4 Å². The van der Waals surface area contributed by atoms with Crippen molar-refractivity contribution in [3.63, 3.8) is 0 Å². The minimum Gasteiger partial charge on any atom is -0.365 e. The molecule has 2 aliphatic rings. The van der Waals surface area contributed by atoms with Gasteiger partial charge in [0.1, 0.15) is 5.69 Å². The highest BCUT2D eigenvalue weighted by molar-refractivity contribution is 6.33. The van der Waals surface area contributed by atoms with Gasteiger partial charge in [0.2, 0.25) is 11.7 Å². The van der Waals surface area contributed by atoms with Crippen molar-refractivity contribution in [3.8, 4) is 11.5 Å². The van der Waals surface area contributed by atoms with Crippen molar-refractivity contribution in [2.45, 2.75) is 13.0 Å². The number of nitrogens with zero attached hydrogens (tertiary/aromatic N) is 5. The summed E-state index contributed by atoms with van der Waals surface area (Å²) in [6, 6.07) is 7.43. The zero-order chi connectivity index (χ0) is 19.8. The lowest BCUT2D eigenvalue weighted by atomic mass is 10.00. The number of fused-ring (bicyclic) bond motifs is 1. The molecule has 2 N–H and O–H groups in total. The molecule has 0 aliphatic carbocycles. The molecule has 1 aromatic carbocycles. The maximum absolute atomic E-state index is 6.36. The number of hydrogen-bond donors (Lipinski definition) is 2. The minimum absolute atomic E-state index is 0.453. The molecule has 2 aromatic heterocycles. The first-order valence-corrected chi connectivity index (χ1v) is 10.3. The van der Waals surface area contributed by atoms with Crippen molar-refractivity contribution < 1.29 is 4.52 Å². The SMILES string of the molecule is Clc1ccc(Cl)c(CN2CCNc3nnc(-c4noc(CC5CNC5)n4)cc32)c1. The Labute approximate surface area is 177 Å². The number of hydrogen-bond acceptors (Lipinski definition) is 8. The fourth-order valence-corrected chi connectivity index (χ4v) is 3.88. The fourth-order valence-electron chi connectivity index (χ4n) is 3.50. The van der Waals surface area contributed by atoms with Gasteiger partial charge in [-0.15, -0.1) is 10.2 Å². The second-order valence-electron chi connectivity index (χ2n) is 7.29. The molecular formula is C19H19Cl2N7O. The van der Waals surface area contributed by atoms with Gasteiger partial charge < -0.3 is 20.1 Å². The Morgan fingerprint density at radius 3 is 2.90 bits per heavy atom. The minimum atomic E-state index is 0.453. The second-order valence-corrected chi connectivity index (χ2v) is 8.13. The zero-order valence-corrected chi connectivity index (χ0v) is 17.0.